The van der Waals surface area contributed by atoms with E-state index in [4.69, 9.17) is 28.2 Å². The van der Waals surface area contributed by atoms with Gasteiger partial charge in [0.25, 0.3) is 5.91 Å². The standard InChI is InChI=1S/C23H24Cl2N4OS/c1-12-7-21(22(30)26-13(2)18-9-14-3-4-15(18)8-14)29(28-12)23-27-20(11-31-23)17-6-5-16(24)10-19(17)25/h5-7,10-11,13-15,18H,3-4,8-9H2,1-2H3,(H,26,30)/t13-,14-,15-,18-/m1/s1. The van der Waals surface area contributed by atoms with Gasteiger partial charge in [0.05, 0.1) is 16.4 Å². The highest BCUT2D eigenvalue weighted by molar-refractivity contribution is 7.12. The first-order valence-corrected chi connectivity index (χ1v) is 12.3. The van der Waals surface area contributed by atoms with Crippen molar-refractivity contribution in [3.8, 4) is 16.4 Å². The van der Waals surface area contributed by atoms with Crippen LogP contribution in [0.15, 0.2) is 29.6 Å². The van der Waals surface area contributed by atoms with Crippen LogP contribution in [0.25, 0.3) is 16.4 Å². The van der Waals surface area contributed by atoms with Crippen LogP contribution in [0.1, 0.15) is 48.8 Å². The molecule has 2 bridgehead atoms. The Morgan fingerprint density at radius 2 is 2.10 bits per heavy atom. The molecule has 2 fully saturated rings. The SMILES string of the molecule is Cc1cc(C(=O)N[C@H](C)[C@H]2C[C@@H]3CC[C@@H]2C3)n(-c2nc(-c3ccc(Cl)cc3Cl)cs2)n1. The molecule has 0 spiro atoms. The molecule has 5 nitrogen and oxygen atoms in total. The quantitative estimate of drug-likeness (QED) is 0.481. The summed E-state index contributed by atoms with van der Waals surface area (Å²) in [7, 11) is 0. The van der Waals surface area contributed by atoms with E-state index in [0.29, 0.717) is 26.8 Å². The molecule has 1 amide bonds. The van der Waals surface area contributed by atoms with E-state index in [2.05, 4.69) is 17.3 Å². The molecule has 8 heteroatoms. The Labute approximate surface area is 195 Å². The van der Waals surface area contributed by atoms with Crippen LogP contribution in [-0.2, 0) is 0 Å². The van der Waals surface area contributed by atoms with Gasteiger partial charge < -0.3 is 5.32 Å². The van der Waals surface area contributed by atoms with E-state index >= 15 is 0 Å². The highest BCUT2D eigenvalue weighted by Gasteiger charge is 2.42. The summed E-state index contributed by atoms with van der Waals surface area (Å²) in [6.45, 7) is 4.03. The minimum absolute atomic E-state index is 0.0999. The first-order chi connectivity index (χ1) is 14.9. The number of thiazole rings is 1. The van der Waals surface area contributed by atoms with E-state index in [9.17, 15) is 4.79 Å². The van der Waals surface area contributed by atoms with E-state index in [0.717, 1.165) is 28.8 Å². The van der Waals surface area contributed by atoms with Crippen molar-refractivity contribution in [1.29, 1.82) is 0 Å². The van der Waals surface area contributed by atoms with Gasteiger partial charge in [-0.15, -0.1) is 11.3 Å². The van der Waals surface area contributed by atoms with Crippen molar-refractivity contribution < 1.29 is 4.79 Å². The number of fused-ring (bicyclic) bond motifs is 2. The summed E-state index contributed by atoms with van der Waals surface area (Å²) in [4.78, 5) is 17.9. The van der Waals surface area contributed by atoms with Gasteiger partial charge in [0, 0.05) is 22.0 Å². The number of carbonyl (C=O) groups is 1. The van der Waals surface area contributed by atoms with E-state index in [1.807, 2.05) is 24.4 Å². The molecule has 0 aliphatic heterocycles. The maximum absolute atomic E-state index is 13.2. The molecule has 5 rings (SSSR count). The Kier molecular flexibility index (Phi) is 5.57. The Morgan fingerprint density at radius 1 is 1.26 bits per heavy atom. The molecule has 2 saturated carbocycles. The predicted octanol–water partition coefficient (Wildman–Crippen LogP) is 6.17. The number of aromatic nitrogens is 3. The van der Waals surface area contributed by atoms with Gasteiger partial charge in [0.2, 0.25) is 5.13 Å². The molecular formula is C23H24Cl2N4OS. The third kappa shape index (κ3) is 4.01. The second kappa shape index (κ2) is 8.23. The number of halogens is 2. The van der Waals surface area contributed by atoms with Crippen LogP contribution < -0.4 is 5.32 Å². The van der Waals surface area contributed by atoms with E-state index < -0.39 is 0 Å². The summed E-state index contributed by atoms with van der Waals surface area (Å²) in [5.74, 6) is 2.10. The van der Waals surface area contributed by atoms with Crippen molar-refractivity contribution in [2.75, 3.05) is 0 Å². The van der Waals surface area contributed by atoms with Gasteiger partial charge in [0.15, 0.2) is 0 Å². The summed E-state index contributed by atoms with van der Waals surface area (Å²) >= 11 is 13.8. The molecule has 2 heterocycles. The van der Waals surface area contributed by atoms with Gasteiger partial charge in [-0.3, -0.25) is 4.79 Å². The van der Waals surface area contributed by atoms with Gasteiger partial charge in [-0.1, -0.05) is 29.6 Å². The summed E-state index contributed by atoms with van der Waals surface area (Å²) in [5.41, 5.74) is 2.82. The van der Waals surface area contributed by atoms with Crippen molar-refractivity contribution in [2.45, 2.75) is 45.6 Å². The lowest BCUT2D eigenvalue weighted by Gasteiger charge is -2.28. The van der Waals surface area contributed by atoms with Gasteiger partial charge in [0.1, 0.15) is 5.69 Å². The number of hydrogen-bond acceptors (Lipinski definition) is 4. The predicted molar refractivity (Wildman–Crippen MR) is 125 cm³/mol. The van der Waals surface area contributed by atoms with Gasteiger partial charge in [-0.05, 0) is 75.1 Å². The molecule has 3 aromatic rings. The largest absolute Gasteiger partial charge is 0.348 e. The van der Waals surface area contributed by atoms with Crippen LogP contribution in [0.4, 0.5) is 0 Å². The molecular weight excluding hydrogens is 451 g/mol. The fourth-order valence-electron chi connectivity index (χ4n) is 5.28. The average Bonchev–Trinajstić information content (AvgIpc) is 3.51. The second-order valence-corrected chi connectivity index (χ2v) is 10.5. The molecule has 4 atom stereocenters. The zero-order valence-corrected chi connectivity index (χ0v) is 19.8. The van der Waals surface area contributed by atoms with Crippen molar-refractivity contribution in [3.05, 3.63) is 51.1 Å². The second-order valence-electron chi connectivity index (χ2n) is 8.82. The minimum atomic E-state index is -0.0999. The molecule has 2 aliphatic rings. The van der Waals surface area contributed by atoms with Gasteiger partial charge in [-0.2, -0.15) is 5.10 Å². The molecule has 31 heavy (non-hydrogen) atoms. The normalized spacial score (nSPS) is 23.3. The Hall–Kier alpha value is -1.89. The summed E-state index contributed by atoms with van der Waals surface area (Å²) < 4.78 is 1.64. The molecule has 2 aliphatic carbocycles. The molecule has 162 valence electrons. The van der Waals surface area contributed by atoms with E-state index in [1.54, 1.807) is 16.8 Å². The van der Waals surface area contributed by atoms with Crippen LogP contribution in [-0.4, -0.2) is 26.7 Å². The van der Waals surface area contributed by atoms with Gasteiger partial charge >= 0.3 is 0 Å². The summed E-state index contributed by atoms with van der Waals surface area (Å²) in [6, 6.07) is 7.31. The number of aryl methyl sites for hydroxylation is 1. The monoisotopic (exact) mass is 474 g/mol. The first kappa shape index (κ1) is 21.0. The van der Waals surface area contributed by atoms with Crippen molar-refractivity contribution in [2.24, 2.45) is 17.8 Å². The number of carbonyl (C=O) groups excluding carboxylic acids is 1. The maximum atomic E-state index is 13.2. The summed E-state index contributed by atoms with van der Waals surface area (Å²) in [5, 5.41) is 11.4. The number of nitrogens with zero attached hydrogens (tertiary/aromatic N) is 3. The lowest BCUT2D eigenvalue weighted by Crippen LogP contribution is -2.40. The van der Waals surface area contributed by atoms with Crippen LogP contribution in [0.2, 0.25) is 10.0 Å². The summed E-state index contributed by atoms with van der Waals surface area (Å²) in [6.07, 6.45) is 5.23. The molecule has 2 aromatic heterocycles. The molecule has 0 saturated heterocycles. The highest BCUT2D eigenvalue weighted by Crippen LogP contribution is 2.49. The fraction of sp³-hybridized carbons (Fsp3) is 0.435. The Balaban J connectivity index is 1.38. The zero-order chi connectivity index (χ0) is 21.7. The van der Waals surface area contributed by atoms with Gasteiger partial charge in [-0.25, -0.2) is 9.67 Å². The zero-order valence-electron chi connectivity index (χ0n) is 17.4. The first-order valence-electron chi connectivity index (χ1n) is 10.7. The topological polar surface area (TPSA) is 59.8 Å². The fourth-order valence-corrected chi connectivity index (χ4v) is 6.58. The number of rotatable bonds is 5. The number of benzene rings is 1. The molecule has 1 N–H and O–H groups in total. The van der Waals surface area contributed by atoms with Crippen molar-refractivity contribution >= 4 is 40.4 Å². The Morgan fingerprint density at radius 3 is 2.81 bits per heavy atom. The van der Waals surface area contributed by atoms with E-state index in [-0.39, 0.29) is 11.9 Å². The minimum Gasteiger partial charge on any atom is -0.348 e. The lowest BCUT2D eigenvalue weighted by atomic mass is 9.84. The third-order valence-electron chi connectivity index (χ3n) is 6.74. The molecule has 0 unspecified atom stereocenters. The smallest absolute Gasteiger partial charge is 0.270 e. The highest BCUT2D eigenvalue weighted by atomic mass is 35.5. The number of hydrogen-bond donors (Lipinski definition) is 1. The van der Waals surface area contributed by atoms with Crippen LogP contribution in [0.5, 0.6) is 0 Å². The maximum Gasteiger partial charge on any atom is 0.270 e. The van der Waals surface area contributed by atoms with E-state index in [1.165, 1.54) is 37.0 Å². The van der Waals surface area contributed by atoms with Crippen molar-refractivity contribution in [1.82, 2.24) is 20.1 Å². The Bertz CT molecular complexity index is 1140. The number of nitrogens with one attached hydrogen (secondary N) is 1. The number of amides is 1. The van der Waals surface area contributed by atoms with Crippen LogP contribution in [0.3, 0.4) is 0 Å². The lowest BCUT2D eigenvalue weighted by molar-refractivity contribution is 0.0907. The average molecular weight is 475 g/mol. The van der Waals surface area contributed by atoms with Crippen LogP contribution in [0, 0.1) is 24.7 Å². The van der Waals surface area contributed by atoms with Crippen molar-refractivity contribution in [3.63, 3.8) is 0 Å². The molecule has 1 aromatic carbocycles. The molecule has 0 radical (unpaired) electrons. The third-order valence-corrected chi connectivity index (χ3v) is 8.10. The van der Waals surface area contributed by atoms with Crippen LogP contribution >= 0.6 is 34.5 Å².